The minimum atomic E-state index is -0.817. The predicted octanol–water partition coefficient (Wildman–Crippen LogP) is 22.0. The molecule has 2 fully saturated rings. The smallest absolute Gasteiger partial charge is 0.200 e. The fourth-order valence-corrected chi connectivity index (χ4v) is 11.9. The molecule has 0 heterocycles. The second kappa shape index (κ2) is 30.5. The standard InChI is InChI=1S/C25H38F2O.C24H24F2.C23H22F2/c1-3-5-6-7-18-8-10-19(11-9-18)20-12-14-21(15-13-20)22-16-17-23(28-4-2)25(27)24(22)26;1-3-5-6-18-9-13-20(14-10-18)22-16-15-21(23(25)24(22)26)19-11-7-17(4-2)8-12-19;1-3-5-17-8-12-19(13-9-17)21-15-14-20(22(24)23(21)25)18-10-6-16(4-2)7-11-18/h16-21H,3-15H2,1-2H3;7-16H,3-6H2,1-2H3;6-15H,3-5H2,1-2H3. The van der Waals surface area contributed by atoms with Crippen LogP contribution in [-0.2, 0) is 25.7 Å². The first-order valence-electron chi connectivity index (χ1n) is 29.8. The Morgan fingerprint density at radius 1 is 0.354 bits per heavy atom. The number of unbranched alkanes of at least 4 members (excludes halogenated alkanes) is 3. The molecule has 0 atom stereocenters. The van der Waals surface area contributed by atoms with Crippen LogP contribution in [0.15, 0.2) is 133 Å². The van der Waals surface area contributed by atoms with E-state index in [1.807, 2.05) is 97.1 Å². The largest absolute Gasteiger partial charge is 0.491 e. The fraction of sp³-hybridized carbons (Fsp3) is 0.417. The molecule has 2 aliphatic carbocycles. The van der Waals surface area contributed by atoms with Crippen LogP contribution in [0, 0.1) is 52.7 Å². The number of halogens is 6. The van der Waals surface area contributed by atoms with Crippen LogP contribution in [0.2, 0.25) is 0 Å². The zero-order chi connectivity index (χ0) is 56.3. The Bertz CT molecular complexity index is 2950. The Morgan fingerprint density at radius 2 is 0.747 bits per heavy atom. The van der Waals surface area contributed by atoms with Crippen molar-refractivity contribution in [2.75, 3.05) is 6.61 Å². The summed E-state index contributed by atoms with van der Waals surface area (Å²) in [7, 11) is 0. The van der Waals surface area contributed by atoms with Gasteiger partial charge in [0.15, 0.2) is 34.8 Å². The Balaban J connectivity index is 0.000000172. The number of rotatable bonds is 19. The van der Waals surface area contributed by atoms with E-state index in [2.05, 4.69) is 34.6 Å². The molecule has 0 aromatic heterocycles. The molecule has 7 aromatic carbocycles. The summed E-state index contributed by atoms with van der Waals surface area (Å²) in [6, 6.07) is 40.6. The SMILES string of the molecule is CCCCCC1CCC(C2CCC(c3ccc(OCC)c(F)c3F)CC2)CC1.CCCCc1ccc(-c2ccc(-c3ccc(CC)cc3)c(F)c2F)cc1.CCCc1ccc(-c2ccc(-c3ccc(CC)cc3)c(F)c2F)cc1. The number of ether oxygens (including phenoxy) is 1. The highest BCUT2D eigenvalue weighted by atomic mass is 19.2. The van der Waals surface area contributed by atoms with Gasteiger partial charge in [0.1, 0.15) is 0 Å². The van der Waals surface area contributed by atoms with Crippen molar-refractivity contribution in [3.05, 3.63) is 196 Å². The number of hydrogen-bond donors (Lipinski definition) is 0. The lowest BCUT2D eigenvalue weighted by Gasteiger charge is -2.38. The van der Waals surface area contributed by atoms with E-state index in [1.165, 1.54) is 86.5 Å². The third-order valence-corrected chi connectivity index (χ3v) is 16.8. The molecule has 0 bridgehead atoms. The average Bonchev–Trinajstić information content (AvgIpc) is 3.58. The summed E-state index contributed by atoms with van der Waals surface area (Å²) < 4.78 is 92.6. The van der Waals surface area contributed by atoms with Gasteiger partial charge in [-0.3, -0.25) is 0 Å². The number of aryl methyl sites for hydroxylation is 4. The molecule has 0 amide bonds. The van der Waals surface area contributed by atoms with Gasteiger partial charge in [-0.25, -0.2) is 22.0 Å². The van der Waals surface area contributed by atoms with Crippen LogP contribution in [0.4, 0.5) is 26.3 Å². The predicted molar refractivity (Wildman–Crippen MR) is 318 cm³/mol. The van der Waals surface area contributed by atoms with E-state index in [4.69, 9.17) is 4.74 Å². The lowest BCUT2D eigenvalue weighted by atomic mass is 9.68. The van der Waals surface area contributed by atoms with Crippen LogP contribution in [0.25, 0.3) is 44.5 Å². The lowest BCUT2D eigenvalue weighted by molar-refractivity contribution is 0.155. The van der Waals surface area contributed by atoms with Gasteiger partial charge in [-0.2, -0.15) is 4.39 Å². The molecule has 0 spiro atoms. The van der Waals surface area contributed by atoms with Gasteiger partial charge in [0.2, 0.25) is 5.82 Å². The van der Waals surface area contributed by atoms with E-state index >= 15 is 0 Å². The van der Waals surface area contributed by atoms with Crippen molar-refractivity contribution < 1.29 is 31.1 Å². The van der Waals surface area contributed by atoms with Crippen molar-refractivity contribution in [2.45, 2.75) is 169 Å². The van der Waals surface area contributed by atoms with Crippen molar-refractivity contribution in [1.29, 1.82) is 0 Å². The normalized spacial score (nSPS) is 17.1. The third kappa shape index (κ3) is 16.1. The molecule has 7 aromatic rings. The van der Waals surface area contributed by atoms with E-state index in [1.54, 1.807) is 43.3 Å². The first-order valence-corrected chi connectivity index (χ1v) is 29.8. The summed E-state index contributed by atoms with van der Waals surface area (Å²) in [4.78, 5) is 0. The first kappa shape index (κ1) is 60.6. The molecule has 0 radical (unpaired) electrons. The summed E-state index contributed by atoms with van der Waals surface area (Å²) >= 11 is 0. The molecular weight excluding hydrogens is 995 g/mol. The maximum Gasteiger partial charge on any atom is 0.200 e. The lowest BCUT2D eigenvalue weighted by Crippen LogP contribution is -2.25. The van der Waals surface area contributed by atoms with E-state index in [0.717, 1.165) is 75.5 Å². The maximum atomic E-state index is 14.7. The second-order valence-corrected chi connectivity index (χ2v) is 22.0. The zero-order valence-corrected chi connectivity index (χ0v) is 47.8. The van der Waals surface area contributed by atoms with Crippen LogP contribution in [0.1, 0.15) is 172 Å². The van der Waals surface area contributed by atoms with Gasteiger partial charge < -0.3 is 4.74 Å². The third-order valence-electron chi connectivity index (χ3n) is 16.8. The Kier molecular flexibility index (Phi) is 23.4. The molecule has 0 N–H and O–H groups in total. The number of benzene rings is 7. The van der Waals surface area contributed by atoms with E-state index in [-0.39, 0.29) is 11.7 Å². The molecule has 2 saturated carbocycles. The molecular formula is C72H84F6O. The van der Waals surface area contributed by atoms with Crippen molar-refractivity contribution in [3.8, 4) is 50.3 Å². The molecule has 420 valence electrons. The molecule has 0 unspecified atom stereocenters. The van der Waals surface area contributed by atoms with Crippen LogP contribution in [0.5, 0.6) is 5.75 Å². The quantitative estimate of drug-likeness (QED) is 0.0579. The Morgan fingerprint density at radius 3 is 1.13 bits per heavy atom. The summed E-state index contributed by atoms with van der Waals surface area (Å²) in [5.74, 6) is -1.86. The molecule has 2 aliphatic rings. The van der Waals surface area contributed by atoms with Gasteiger partial charge >= 0.3 is 0 Å². The molecule has 0 aliphatic heterocycles. The fourth-order valence-electron chi connectivity index (χ4n) is 11.9. The Labute approximate surface area is 469 Å². The monoisotopic (exact) mass is 1080 g/mol. The van der Waals surface area contributed by atoms with Crippen molar-refractivity contribution in [2.24, 2.45) is 17.8 Å². The highest BCUT2D eigenvalue weighted by Gasteiger charge is 2.33. The summed E-state index contributed by atoms with van der Waals surface area (Å²) in [6.45, 7) is 12.8. The summed E-state index contributed by atoms with van der Waals surface area (Å²) in [5.41, 5.74) is 9.33. The average molecular weight is 1080 g/mol. The molecule has 1 nitrogen and oxygen atoms in total. The van der Waals surface area contributed by atoms with Crippen molar-refractivity contribution in [1.82, 2.24) is 0 Å². The first-order chi connectivity index (χ1) is 38.4. The van der Waals surface area contributed by atoms with Crippen LogP contribution >= 0.6 is 0 Å². The van der Waals surface area contributed by atoms with Crippen molar-refractivity contribution in [3.63, 3.8) is 0 Å². The maximum absolute atomic E-state index is 14.7. The van der Waals surface area contributed by atoms with Crippen molar-refractivity contribution >= 4 is 0 Å². The minimum absolute atomic E-state index is 0.0353. The van der Waals surface area contributed by atoms with Gasteiger partial charge in [-0.1, -0.05) is 213 Å². The Hall–Kier alpha value is -6.08. The topological polar surface area (TPSA) is 9.23 Å². The van der Waals surface area contributed by atoms with Crippen LogP contribution in [-0.4, -0.2) is 6.61 Å². The molecule has 9 rings (SSSR count). The minimum Gasteiger partial charge on any atom is -0.491 e. The summed E-state index contributed by atoms with van der Waals surface area (Å²) in [5, 5.41) is 0. The van der Waals surface area contributed by atoms with Gasteiger partial charge in [-0.05, 0) is 157 Å². The number of hydrogen-bond acceptors (Lipinski definition) is 1. The van der Waals surface area contributed by atoms with E-state index < -0.39 is 34.9 Å². The van der Waals surface area contributed by atoms with Crippen LogP contribution in [0.3, 0.4) is 0 Å². The summed E-state index contributed by atoms with van der Waals surface area (Å²) in [6.07, 6.45) is 22.6. The van der Waals surface area contributed by atoms with Gasteiger partial charge in [-0.15, -0.1) is 0 Å². The van der Waals surface area contributed by atoms with E-state index in [0.29, 0.717) is 56.7 Å². The molecule has 7 heteroatoms. The molecule has 0 saturated heterocycles. The van der Waals surface area contributed by atoms with Gasteiger partial charge in [0, 0.05) is 22.3 Å². The highest BCUT2D eigenvalue weighted by molar-refractivity contribution is 5.73. The van der Waals surface area contributed by atoms with Gasteiger partial charge in [0.25, 0.3) is 0 Å². The molecule has 79 heavy (non-hydrogen) atoms. The zero-order valence-electron chi connectivity index (χ0n) is 47.8. The van der Waals surface area contributed by atoms with Crippen LogP contribution < -0.4 is 4.74 Å². The van der Waals surface area contributed by atoms with Gasteiger partial charge in [0.05, 0.1) is 6.61 Å². The highest BCUT2D eigenvalue weighted by Crippen LogP contribution is 2.46. The van der Waals surface area contributed by atoms with E-state index in [9.17, 15) is 26.3 Å². The second-order valence-electron chi connectivity index (χ2n) is 22.0.